The minimum Gasteiger partial charge on any atom is -0.305 e. The largest absolute Gasteiger partial charge is 0.305 e. The van der Waals surface area contributed by atoms with Crippen molar-refractivity contribution in [1.82, 2.24) is 9.21 Å². The molecule has 2 atom stereocenters. The van der Waals surface area contributed by atoms with Gasteiger partial charge < -0.3 is 4.90 Å². The zero-order valence-electron chi connectivity index (χ0n) is 6.86. The molecule has 1 aliphatic heterocycles. The van der Waals surface area contributed by atoms with Crippen molar-refractivity contribution < 1.29 is 8.76 Å². The van der Waals surface area contributed by atoms with E-state index in [2.05, 4.69) is 4.90 Å². The number of rotatable bonds is 2. The summed E-state index contributed by atoms with van der Waals surface area (Å²) >= 11 is -1.77. The van der Waals surface area contributed by atoms with Crippen molar-refractivity contribution in [2.75, 3.05) is 27.2 Å². The minimum absolute atomic E-state index is 0.436. The van der Waals surface area contributed by atoms with E-state index in [0.717, 1.165) is 13.0 Å². The van der Waals surface area contributed by atoms with Gasteiger partial charge in [0.1, 0.15) is 0 Å². The highest BCUT2D eigenvalue weighted by Gasteiger charge is 2.26. The zero-order valence-corrected chi connectivity index (χ0v) is 7.67. The van der Waals surface area contributed by atoms with Gasteiger partial charge in [-0.1, -0.05) is 0 Å². The van der Waals surface area contributed by atoms with Crippen LogP contribution in [0.2, 0.25) is 0 Å². The molecule has 0 aromatic carbocycles. The van der Waals surface area contributed by atoms with Crippen LogP contribution in [0.3, 0.4) is 0 Å². The molecule has 1 heterocycles. The molecule has 0 aliphatic carbocycles. The average molecular weight is 178 g/mol. The van der Waals surface area contributed by atoms with Crippen molar-refractivity contribution in [3.63, 3.8) is 0 Å². The molecule has 11 heavy (non-hydrogen) atoms. The molecule has 0 bridgehead atoms. The van der Waals surface area contributed by atoms with E-state index in [1.807, 2.05) is 14.1 Å². The van der Waals surface area contributed by atoms with Gasteiger partial charge in [-0.3, -0.25) is 4.55 Å². The van der Waals surface area contributed by atoms with Crippen LogP contribution < -0.4 is 0 Å². The first-order valence-electron chi connectivity index (χ1n) is 3.63. The molecule has 0 spiro atoms. The summed E-state index contributed by atoms with van der Waals surface area (Å²) in [6, 6.07) is 0.436. The van der Waals surface area contributed by atoms with E-state index >= 15 is 0 Å². The van der Waals surface area contributed by atoms with Gasteiger partial charge in [0.25, 0.3) is 0 Å². The van der Waals surface area contributed by atoms with Crippen molar-refractivity contribution >= 4 is 11.3 Å². The van der Waals surface area contributed by atoms with E-state index in [1.165, 1.54) is 0 Å². The Balaban J connectivity index is 2.41. The second-order valence-electron chi connectivity index (χ2n) is 3.02. The molecule has 0 saturated carbocycles. The van der Waals surface area contributed by atoms with Crippen LogP contribution in [0, 0.1) is 0 Å². The standard InChI is InChI=1S/C6H14N2O2S/c1-7(2)6-3-4-8(5-6)11(9)10/h6H,3-5H2,1-2H3,(H,9,10). The second kappa shape index (κ2) is 3.62. The van der Waals surface area contributed by atoms with Crippen molar-refractivity contribution in [3.8, 4) is 0 Å². The zero-order chi connectivity index (χ0) is 8.43. The quantitative estimate of drug-likeness (QED) is 0.593. The fourth-order valence-electron chi connectivity index (χ4n) is 1.27. The van der Waals surface area contributed by atoms with Crippen LogP contribution in [0.15, 0.2) is 0 Å². The molecule has 0 aromatic rings. The Hall–Kier alpha value is 0.0300. The van der Waals surface area contributed by atoms with Crippen LogP contribution in [-0.2, 0) is 11.3 Å². The lowest BCUT2D eigenvalue weighted by Crippen LogP contribution is -2.32. The highest BCUT2D eigenvalue weighted by molar-refractivity contribution is 7.76. The monoisotopic (exact) mass is 178 g/mol. The minimum atomic E-state index is -1.77. The predicted molar refractivity (Wildman–Crippen MR) is 44.4 cm³/mol. The first kappa shape index (κ1) is 9.12. The number of nitrogens with zero attached hydrogens (tertiary/aromatic N) is 2. The van der Waals surface area contributed by atoms with Crippen LogP contribution >= 0.6 is 0 Å². The van der Waals surface area contributed by atoms with Crippen molar-refractivity contribution in [1.29, 1.82) is 0 Å². The van der Waals surface area contributed by atoms with Crippen LogP contribution in [-0.4, -0.2) is 51.2 Å². The van der Waals surface area contributed by atoms with E-state index in [0.29, 0.717) is 12.6 Å². The molecule has 1 rings (SSSR count). The lowest BCUT2D eigenvalue weighted by atomic mass is 10.2. The third-order valence-corrected chi connectivity index (χ3v) is 2.85. The number of hydrogen-bond donors (Lipinski definition) is 1. The summed E-state index contributed by atoms with van der Waals surface area (Å²) in [7, 11) is 3.99. The fourth-order valence-corrected chi connectivity index (χ4v) is 1.84. The Kier molecular flexibility index (Phi) is 3.00. The van der Waals surface area contributed by atoms with Gasteiger partial charge in [0, 0.05) is 19.1 Å². The summed E-state index contributed by atoms with van der Waals surface area (Å²) in [6.07, 6.45) is 0.985. The first-order chi connectivity index (χ1) is 5.11. The lowest BCUT2D eigenvalue weighted by molar-refractivity contribution is 0.301. The Labute approximate surface area is 69.6 Å². The smallest absolute Gasteiger partial charge is 0.234 e. The molecule has 5 heteroatoms. The molecule has 0 aromatic heterocycles. The summed E-state index contributed by atoms with van der Waals surface area (Å²) < 4.78 is 20.9. The maximum absolute atomic E-state index is 10.6. The molecule has 0 amide bonds. The van der Waals surface area contributed by atoms with E-state index in [-0.39, 0.29) is 0 Å². The van der Waals surface area contributed by atoms with E-state index < -0.39 is 11.3 Å². The van der Waals surface area contributed by atoms with Crippen LogP contribution in [0.1, 0.15) is 6.42 Å². The summed E-state index contributed by atoms with van der Waals surface area (Å²) in [5.74, 6) is 0. The summed E-state index contributed by atoms with van der Waals surface area (Å²) in [6.45, 7) is 1.43. The van der Waals surface area contributed by atoms with Gasteiger partial charge >= 0.3 is 0 Å². The Morgan fingerprint density at radius 2 is 2.27 bits per heavy atom. The molecule has 1 saturated heterocycles. The molecule has 1 fully saturated rings. The molecule has 2 unspecified atom stereocenters. The molecular formula is C6H14N2O2S. The van der Waals surface area contributed by atoms with Gasteiger partial charge in [-0.05, 0) is 20.5 Å². The Morgan fingerprint density at radius 3 is 2.55 bits per heavy atom. The highest BCUT2D eigenvalue weighted by atomic mass is 32.2. The second-order valence-corrected chi connectivity index (χ2v) is 4.00. The molecule has 1 aliphatic rings. The Morgan fingerprint density at radius 1 is 1.64 bits per heavy atom. The highest BCUT2D eigenvalue weighted by Crippen LogP contribution is 2.13. The molecule has 1 N–H and O–H groups in total. The molecular weight excluding hydrogens is 164 g/mol. The molecule has 66 valence electrons. The van der Waals surface area contributed by atoms with Gasteiger partial charge in [-0.15, -0.1) is 0 Å². The van der Waals surface area contributed by atoms with Crippen molar-refractivity contribution in [2.24, 2.45) is 0 Å². The van der Waals surface area contributed by atoms with E-state index in [9.17, 15) is 4.21 Å². The summed E-state index contributed by atoms with van der Waals surface area (Å²) in [5.41, 5.74) is 0. The van der Waals surface area contributed by atoms with Gasteiger partial charge in [0.15, 0.2) is 0 Å². The van der Waals surface area contributed by atoms with Crippen LogP contribution in [0.4, 0.5) is 0 Å². The fraction of sp³-hybridized carbons (Fsp3) is 1.00. The maximum atomic E-state index is 10.6. The predicted octanol–water partition coefficient (Wildman–Crippen LogP) is -0.241. The van der Waals surface area contributed by atoms with E-state index in [4.69, 9.17) is 4.55 Å². The van der Waals surface area contributed by atoms with E-state index in [1.54, 1.807) is 4.31 Å². The normalized spacial score (nSPS) is 29.6. The van der Waals surface area contributed by atoms with Gasteiger partial charge in [0.2, 0.25) is 11.3 Å². The molecule has 0 radical (unpaired) electrons. The Bertz CT molecular complexity index is 163. The number of likely N-dealkylation sites (N-methyl/N-ethyl adjacent to an activating group) is 1. The SMILES string of the molecule is CN(C)C1CCN(S(=O)O)C1. The summed E-state index contributed by atoms with van der Waals surface area (Å²) in [5, 5.41) is 0. The van der Waals surface area contributed by atoms with Crippen LogP contribution in [0.5, 0.6) is 0 Å². The number of hydrogen-bond acceptors (Lipinski definition) is 2. The third-order valence-electron chi connectivity index (χ3n) is 2.08. The maximum Gasteiger partial charge on any atom is 0.234 e. The first-order valence-corrected chi connectivity index (χ1v) is 4.70. The van der Waals surface area contributed by atoms with Crippen LogP contribution in [0.25, 0.3) is 0 Å². The average Bonchev–Trinajstić information content (AvgIpc) is 2.33. The van der Waals surface area contributed by atoms with Crippen molar-refractivity contribution in [3.05, 3.63) is 0 Å². The summed E-state index contributed by atoms with van der Waals surface area (Å²) in [4.78, 5) is 2.09. The third kappa shape index (κ3) is 2.23. The molecule has 4 nitrogen and oxygen atoms in total. The van der Waals surface area contributed by atoms with Gasteiger partial charge in [-0.25, -0.2) is 4.21 Å². The van der Waals surface area contributed by atoms with Gasteiger partial charge in [0.05, 0.1) is 0 Å². The van der Waals surface area contributed by atoms with Crippen molar-refractivity contribution in [2.45, 2.75) is 12.5 Å². The topological polar surface area (TPSA) is 43.8 Å². The lowest BCUT2D eigenvalue weighted by Gasteiger charge is -2.18. The van der Waals surface area contributed by atoms with Gasteiger partial charge in [-0.2, -0.15) is 4.31 Å².